The molecular weight excluding hydrogens is 206 g/mol. The molecule has 5 nitrogen and oxygen atoms in total. The number of nitrogens with one attached hydrogen (secondary N) is 3. The number of likely N-dealkylation sites (N-methyl/N-ethyl adjacent to an activating group) is 1. The lowest BCUT2D eigenvalue weighted by Gasteiger charge is -2.27. The van der Waals surface area contributed by atoms with Crippen molar-refractivity contribution in [1.82, 2.24) is 16.0 Å². The quantitative estimate of drug-likeness (QED) is 0.574. The molecule has 0 aromatic heterocycles. The van der Waals surface area contributed by atoms with Crippen LogP contribution in [0, 0.1) is 0 Å². The van der Waals surface area contributed by atoms with E-state index in [2.05, 4.69) is 16.0 Å². The molecule has 0 radical (unpaired) electrons. The Bertz CT molecular complexity index is 219. The highest BCUT2D eigenvalue weighted by Crippen LogP contribution is 2.01. The van der Waals surface area contributed by atoms with E-state index in [0.717, 1.165) is 13.0 Å². The predicted molar refractivity (Wildman–Crippen MR) is 55.3 cm³/mol. The average Bonchev–Trinajstić information content (AvgIpc) is 1.99. The lowest BCUT2D eigenvalue weighted by atomic mass is 10.1. The molecule has 0 aliphatic carbocycles. The third kappa shape index (κ3) is 3.16. The van der Waals surface area contributed by atoms with Crippen molar-refractivity contribution in [3.05, 3.63) is 0 Å². The molecule has 6 heteroatoms. The Hall–Kier alpha value is -0.810. The summed E-state index contributed by atoms with van der Waals surface area (Å²) in [6.07, 6.45) is 0.853. The SMILES string of the molecule is CNC(=O)C(C)NC(=O)[C@H]1CCN1.Cl. The van der Waals surface area contributed by atoms with E-state index in [1.807, 2.05) is 0 Å². The lowest BCUT2D eigenvalue weighted by Crippen LogP contribution is -2.56. The van der Waals surface area contributed by atoms with E-state index in [1.165, 1.54) is 0 Å². The first-order valence-electron chi connectivity index (χ1n) is 4.40. The monoisotopic (exact) mass is 221 g/mol. The van der Waals surface area contributed by atoms with Crippen LogP contribution in [0.15, 0.2) is 0 Å². The number of hydrogen-bond donors (Lipinski definition) is 3. The molecule has 3 N–H and O–H groups in total. The van der Waals surface area contributed by atoms with Gasteiger partial charge in [0.25, 0.3) is 0 Å². The van der Waals surface area contributed by atoms with Gasteiger partial charge in [0, 0.05) is 7.05 Å². The average molecular weight is 222 g/mol. The Balaban J connectivity index is 0.00000169. The first-order chi connectivity index (χ1) is 6.15. The van der Waals surface area contributed by atoms with Gasteiger partial charge in [0.1, 0.15) is 6.04 Å². The molecule has 1 heterocycles. The van der Waals surface area contributed by atoms with Gasteiger partial charge in [-0.2, -0.15) is 0 Å². The molecule has 1 rings (SSSR count). The number of halogens is 1. The van der Waals surface area contributed by atoms with Crippen molar-refractivity contribution in [1.29, 1.82) is 0 Å². The van der Waals surface area contributed by atoms with E-state index in [0.29, 0.717) is 0 Å². The van der Waals surface area contributed by atoms with Crippen LogP contribution in [0.1, 0.15) is 13.3 Å². The Labute approximate surface area is 89.4 Å². The topological polar surface area (TPSA) is 70.2 Å². The molecule has 0 aromatic carbocycles. The van der Waals surface area contributed by atoms with Crippen LogP contribution in [0.25, 0.3) is 0 Å². The van der Waals surface area contributed by atoms with Gasteiger partial charge in [-0.05, 0) is 19.9 Å². The van der Waals surface area contributed by atoms with Gasteiger partial charge >= 0.3 is 0 Å². The highest BCUT2D eigenvalue weighted by atomic mass is 35.5. The second kappa shape index (κ2) is 5.82. The number of carbonyl (C=O) groups is 2. The van der Waals surface area contributed by atoms with Gasteiger partial charge in [0.15, 0.2) is 0 Å². The summed E-state index contributed by atoms with van der Waals surface area (Å²) in [5.41, 5.74) is 0. The van der Waals surface area contributed by atoms with Crippen molar-refractivity contribution in [2.45, 2.75) is 25.4 Å². The van der Waals surface area contributed by atoms with E-state index >= 15 is 0 Å². The summed E-state index contributed by atoms with van der Waals surface area (Å²) in [6, 6.07) is -0.563. The summed E-state index contributed by atoms with van der Waals surface area (Å²) >= 11 is 0. The zero-order chi connectivity index (χ0) is 9.84. The molecule has 1 aliphatic heterocycles. The van der Waals surface area contributed by atoms with Crippen LogP contribution in [0.2, 0.25) is 0 Å². The van der Waals surface area contributed by atoms with Crippen LogP contribution < -0.4 is 16.0 Å². The van der Waals surface area contributed by atoms with Crippen LogP contribution in [0.4, 0.5) is 0 Å². The maximum absolute atomic E-state index is 11.3. The van der Waals surface area contributed by atoms with Crippen LogP contribution in [-0.2, 0) is 9.59 Å². The summed E-state index contributed by atoms with van der Waals surface area (Å²) in [5.74, 6) is -0.268. The Morgan fingerprint density at radius 3 is 2.43 bits per heavy atom. The van der Waals surface area contributed by atoms with Crippen LogP contribution in [0.3, 0.4) is 0 Å². The van der Waals surface area contributed by atoms with Crippen molar-refractivity contribution in [3.63, 3.8) is 0 Å². The van der Waals surface area contributed by atoms with Crippen molar-refractivity contribution in [3.8, 4) is 0 Å². The third-order valence-electron chi connectivity index (χ3n) is 2.14. The van der Waals surface area contributed by atoms with Gasteiger partial charge < -0.3 is 16.0 Å². The number of rotatable bonds is 3. The maximum atomic E-state index is 11.3. The highest BCUT2D eigenvalue weighted by molar-refractivity contribution is 5.89. The second-order valence-corrected chi connectivity index (χ2v) is 3.14. The summed E-state index contributed by atoms with van der Waals surface area (Å²) < 4.78 is 0. The summed E-state index contributed by atoms with van der Waals surface area (Å²) in [5, 5.41) is 8.05. The lowest BCUT2D eigenvalue weighted by molar-refractivity contribution is -0.130. The second-order valence-electron chi connectivity index (χ2n) is 3.14. The van der Waals surface area contributed by atoms with Gasteiger partial charge in [-0.1, -0.05) is 0 Å². The minimum atomic E-state index is -0.458. The molecule has 82 valence electrons. The van der Waals surface area contributed by atoms with E-state index < -0.39 is 6.04 Å². The van der Waals surface area contributed by atoms with E-state index in [1.54, 1.807) is 14.0 Å². The molecule has 2 atom stereocenters. The molecule has 1 saturated heterocycles. The summed E-state index contributed by atoms with van der Waals surface area (Å²) in [7, 11) is 1.55. The Morgan fingerprint density at radius 1 is 1.50 bits per heavy atom. The smallest absolute Gasteiger partial charge is 0.242 e. The van der Waals surface area contributed by atoms with E-state index in [-0.39, 0.29) is 30.3 Å². The Kier molecular flexibility index (Phi) is 5.49. The fourth-order valence-corrected chi connectivity index (χ4v) is 1.11. The van der Waals surface area contributed by atoms with Gasteiger partial charge in [0.05, 0.1) is 6.04 Å². The predicted octanol–water partition coefficient (Wildman–Crippen LogP) is -0.979. The minimum absolute atomic E-state index is 0. The zero-order valence-electron chi connectivity index (χ0n) is 8.29. The standard InChI is InChI=1S/C8H15N3O2.ClH/c1-5(7(12)9-2)11-8(13)6-3-4-10-6;/h5-6,10H,3-4H2,1-2H3,(H,9,12)(H,11,13);1H/t5?,6-;/m1./s1. The molecule has 0 spiro atoms. The number of hydrogen-bond acceptors (Lipinski definition) is 3. The van der Waals surface area contributed by atoms with Crippen molar-refractivity contribution < 1.29 is 9.59 Å². The van der Waals surface area contributed by atoms with Crippen LogP contribution in [-0.4, -0.2) is 37.5 Å². The van der Waals surface area contributed by atoms with E-state index in [9.17, 15) is 9.59 Å². The maximum Gasteiger partial charge on any atom is 0.242 e. The fourth-order valence-electron chi connectivity index (χ4n) is 1.11. The molecule has 0 bridgehead atoms. The zero-order valence-corrected chi connectivity index (χ0v) is 9.11. The van der Waals surface area contributed by atoms with Gasteiger partial charge in [-0.15, -0.1) is 12.4 Å². The number of carbonyl (C=O) groups excluding carboxylic acids is 2. The minimum Gasteiger partial charge on any atom is -0.357 e. The number of amides is 2. The van der Waals surface area contributed by atoms with Gasteiger partial charge in [-0.3, -0.25) is 9.59 Å². The summed E-state index contributed by atoms with van der Waals surface area (Å²) in [6.45, 7) is 2.54. The Morgan fingerprint density at radius 2 is 2.07 bits per heavy atom. The molecule has 1 fully saturated rings. The molecule has 14 heavy (non-hydrogen) atoms. The third-order valence-corrected chi connectivity index (χ3v) is 2.14. The summed E-state index contributed by atoms with van der Waals surface area (Å²) in [4.78, 5) is 22.3. The van der Waals surface area contributed by atoms with Gasteiger partial charge in [-0.25, -0.2) is 0 Å². The van der Waals surface area contributed by atoms with Gasteiger partial charge in [0.2, 0.25) is 11.8 Å². The van der Waals surface area contributed by atoms with Crippen LogP contribution >= 0.6 is 12.4 Å². The van der Waals surface area contributed by atoms with Crippen molar-refractivity contribution in [2.75, 3.05) is 13.6 Å². The molecule has 0 saturated carbocycles. The van der Waals surface area contributed by atoms with Crippen molar-refractivity contribution >= 4 is 24.2 Å². The fraction of sp³-hybridized carbons (Fsp3) is 0.750. The molecule has 1 unspecified atom stereocenters. The highest BCUT2D eigenvalue weighted by Gasteiger charge is 2.26. The van der Waals surface area contributed by atoms with E-state index in [4.69, 9.17) is 0 Å². The first kappa shape index (κ1) is 13.2. The normalized spacial score (nSPS) is 21.1. The molecular formula is C8H16ClN3O2. The largest absolute Gasteiger partial charge is 0.357 e. The molecule has 2 amide bonds. The first-order valence-corrected chi connectivity index (χ1v) is 4.40. The molecule has 0 aromatic rings. The van der Waals surface area contributed by atoms with Crippen LogP contribution in [0.5, 0.6) is 0 Å². The molecule has 1 aliphatic rings. The van der Waals surface area contributed by atoms with Crippen molar-refractivity contribution in [2.24, 2.45) is 0 Å².